The number of amides is 2. The monoisotopic (exact) mass is 516 g/mol. The normalized spacial score (nSPS) is 14.8. The zero-order chi connectivity index (χ0) is 25.7. The smallest absolute Gasteiger partial charge is 0.242 e. The minimum absolute atomic E-state index is 0.0330. The molecule has 4 nitrogen and oxygen atoms in total. The molecule has 1 aliphatic rings. The second-order valence-corrected chi connectivity index (χ2v) is 9.77. The molecule has 0 spiro atoms. The molecule has 3 aromatic carbocycles. The van der Waals surface area contributed by atoms with Gasteiger partial charge in [0.1, 0.15) is 10.9 Å². The third-order valence-electron chi connectivity index (χ3n) is 6.03. The average Bonchev–Trinajstić information content (AvgIpc) is 2.89. The number of halogens is 4. The van der Waals surface area contributed by atoms with Gasteiger partial charge in [-0.3, -0.25) is 9.59 Å². The molecule has 1 unspecified atom stereocenters. The second-order valence-electron chi connectivity index (χ2n) is 8.59. The molecule has 188 valence electrons. The average molecular weight is 517 g/mol. The van der Waals surface area contributed by atoms with Crippen LogP contribution in [0, 0.1) is 29.2 Å². The highest BCUT2D eigenvalue weighted by Gasteiger charge is 2.27. The fraction of sp³-hybridized carbons (Fsp3) is 0.259. The molecule has 0 aromatic heterocycles. The molecule has 9 heteroatoms. The minimum Gasteiger partial charge on any atom is -0.326 e. The summed E-state index contributed by atoms with van der Waals surface area (Å²) in [5.74, 6) is -7.56. The van der Waals surface area contributed by atoms with E-state index in [9.17, 15) is 27.2 Å². The van der Waals surface area contributed by atoms with E-state index in [0.29, 0.717) is 16.1 Å². The summed E-state index contributed by atoms with van der Waals surface area (Å²) in [5, 5.41) is 3.92. The second kappa shape index (κ2) is 11.6. The summed E-state index contributed by atoms with van der Waals surface area (Å²) in [6, 6.07) is 15.4. The van der Waals surface area contributed by atoms with Crippen molar-refractivity contribution in [1.29, 1.82) is 0 Å². The van der Waals surface area contributed by atoms with E-state index in [0.717, 1.165) is 43.9 Å². The lowest BCUT2D eigenvalue weighted by Gasteiger charge is -2.21. The summed E-state index contributed by atoms with van der Waals surface area (Å²) in [6.45, 7) is 0. The number of thioether (sulfide) groups is 1. The molecule has 1 aliphatic carbocycles. The summed E-state index contributed by atoms with van der Waals surface area (Å²) in [5.41, 5.74) is -0.117. The molecule has 0 aliphatic heterocycles. The maximum Gasteiger partial charge on any atom is 0.242 e. The summed E-state index contributed by atoms with van der Waals surface area (Å²) in [7, 11) is 0. The first kappa shape index (κ1) is 25.8. The molecule has 3 aromatic rings. The highest BCUT2D eigenvalue weighted by atomic mass is 32.2. The fourth-order valence-electron chi connectivity index (χ4n) is 4.16. The molecule has 2 N–H and O–H groups in total. The zero-order valence-corrected chi connectivity index (χ0v) is 20.0. The van der Waals surface area contributed by atoms with Crippen LogP contribution >= 0.6 is 11.8 Å². The number of benzene rings is 3. The van der Waals surface area contributed by atoms with Crippen LogP contribution in [0.15, 0.2) is 65.6 Å². The number of hydrogen-bond donors (Lipinski definition) is 2. The van der Waals surface area contributed by atoms with Crippen LogP contribution in [0.3, 0.4) is 0 Å². The lowest BCUT2D eigenvalue weighted by Crippen LogP contribution is -2.24. The van der Waals surface area contributed by atoms with Crippen LogP contribution in [-0.2, 0) is 9.59 Å². The maximum absolute atomic E-state index is 14.2. The SMILES string of the molecule is O=C(Nc1cccc(SC(C(=O)Nc2c(F)c(F)cc(F)c2F)c2ccccc2)c1)C1CCCCC1. The van der Waals surface area contributed by atoms with Gasteiger partial charge < -0.3 is 10.6 Å². The third kappa shape index (κ3) is 6.07. The summed E-state index contributed by atoms with van der Waals surface area (Å²) in [4.78, 5) is 26.4. The van der Waals surface area contributed by atoms with Gasteiger partial charge in [0.2, 0.25) is 11.8 Å². The van der Waals surface area contributed by atoms with Crippen LogP contribution in [0.1, 0.15) is 42.9 Å². The Morgan fingerprint density at radius 3 is 2.14 bits per heavy atom. The van der Waals surface area contributed by atoms with Gasteiger partial charge in [-0.2, -0.15) is 0 Å². The van der Waals surface area contributed by atoms with E-state index in [1.54, 1.807) is 54.6 Å². The van der Waals surface area contributed by atoms with Gasteiger partial charge in [0.05, 0.1) is 0 Å². The van der Waals surface area contributed by atoms with Gasteiger partial charge in [0.15, 0.2) is 23.3 Å². The van der Waals surface area contributed by atoms with Crippen molar-refractivity contribution < 1.29 is 27.2 Å². The van der Waals surface area contributed by atoms with Crippen molar-refractivity contribution in [2.75, 3.05) is 10.6 Å². The molecule has 1 saturated carbocycles. The first-order valence-corrected chi connectivity index (χ1v) is 12.5. The lowest BCUT2D eigenvalue weighted by atomic mass is 9.88. The quantitative estimate of drug-likeness (QED) is 0.198. The Kier molecular flexibility index (Phi) is 8.30. The van der Waals surface area contributed by atoms with Gasteiger partial charge in [0, 0.05) is 22.6 Å². The zero-order valence-electron chi connectivity index (χ0n) is 19.2. The van der Waals surface area contributed by atoms with E-state index >= 15 is 0 Å². The van der Waals surface area contributed by atoms with Crippen LogP contribution < -0.4 is 10.6 Å². The Hall–Kier alpha value is -3.33. The predicted octanol–water partition coefficient (Wildman–Crippen LogP) is 7.23. The number of anilines is 2. The number of carbonyl (C=O) groups is 2. The van der Waals surface area contributed by atoms with Crippen molar-refractivity contribution >= 4 is 35.0 Å². The largest absolute Gasteiger partial charge is 0.326 e. The lowest BCUT2D eigenvalue weighted by molar-refractivity contribution is -0.120. The van der Waals surface area contributed by atoms with Crippen molar-refractivity contribution in [2.24, 2.45) is 5.92 Å². The molecule has 0 heterocycles. The topological polar surface area (TPSA) is 58.2 Å². The van der Waals surface area contributed by atoms with Gasteiger partial charge in [0.25, 0.3) is 0 Å². The van der Waals surface area contributed by atoms with Crippen LogP contribution in [0.4, 0.5) is 28.9 Å². The molecule has 0 bridgehead atoms. The van der Waals surface area contributed by atoms with E-state index in [1.165, 1.54) is 0 Å². The molecule has 0 radical (unpaired) electrons. The van der Waals surface area contributed by atoms with Crippen LogP contribution in [0.5, 0.6) is 0 Å². The fourth-order valence-corrected chi connectivity index (χ4v) is 5.25. The van der Waals surface area contributed by atoms with Gasteiger partial charge in [-0.1, -0.05) is 55.7 Å². The van der Waals surface area contributed by atoms with Gasteiger partial charge in [-0.25, -0.2) is 17.6 Å². The highest BCUT2D eigenvalue weighted by molar-refractivity contribution is 8.00. The molecule has 0 saturated heterocycles. The van der Waals surface area contributed by atoms with Gasteiger partial charge in [-0.15, -0.1) is 11.8 Å². The van der Waals surface area contributed by atoms with Gasteiger partial charge in [-0.05, 0) is 36.6 Å². The number of carbonyl (C=O) groups excluding carboxylic acids is 2. The Bertz CT molecular complexity index is 1220. The predicted molar refractivity (Wildman–Crippen MR) is 132 cm³/mol. The Labute approximate surface area is 210 Å². The van der Waals surface area contributed by atoms with Crippen LogP contribution in [-0.4, -0.2) is 11.8 Å². The van der Waals surface area contributed by atoms with E-state index in [2.05, 4.69) is 5.32 Å². The van der Waals surface area contributed by atoms with Crippen molar-refractivity contribution in [2.45, 2.75) is 42.2 Å². The molecule has 1 atom stereocenters. The first-order chi connectivity index (χ1) is 17.3. The van der Waals surface area contributed by atoms with E-state index in [-0.39, 0.29) is 17.9 Å². The summed E-state index contributed by atoms with van der Waals surface area (Å²) in [6.07, 6.45) is 4.89. The van der Waals surface area contributed by atoms with Crippen molar-refractivity contribution in [3.8, 4) is 0 Å². The van der Waals surface area contributed by atoms with E-state index < -0.39 is 40.1 Å². The Morgan fingerprint density at radius 2 is 1.47 bits per heavy atom. The molecule has 2 amide bonds. The van der Waals surface area contributed by atoms with E-state index in [4.69, 9.17) is 0 Å². The highest BCUT2D eigenvalue weighted by Crippen LogP contribution is 2.38. The number of nitrogens with one attached hydrogen (secondary N) is 2. The maximum atomic E-state index is 14.2. The Balaban J connectivity index is 1.56. The Morgan fingerprint density at radius 1 is 0.806 bits per heavy atom. The van der Waals surface area contributed by atoms with Crippen molar-refractivity contribution in [3.63, 3.8) is 0 Å². The molecular weight excluding hydrogens is 492 g/mol. The van der Waals surface area contributed by atoms with Crippen molar-refractivity contribution in [1.82, 2.24) is 0 Å². The number of rotatable bonds is 7. The third-order valence-corrected chi connectivity index (χ3v) is 7.28. The molecule has 1 fully saturated rings. The minimum atomic E-state index is -1.69. The standard InChI is InChI=1S/C27H24F4N2O2S/c28-20-15-21(29)23(31)24(22(20)30)33-27(35)25(16-8-3-1-4-9-16)36-19-13-7-12-18(14-19)32-26(34)17-10-5-2-6-11-17/h1,3-4,7-9,12-15,17,25H,2,5-6,10-11H2,(H,32,34)(H,33,35). The van der Waals surface area contributed by atoms with Crippen LogP contribution in [0.25, 0.3) is 0 Å². The summed E-state index contributed by atoms with van der Waals surface area (Å²) < 4.78 is 55.7. The molecule has 4 rings (SSSR count). The summed E-state index contributed by atoms with van der Waals surface area (Å²) >= 11 is 1.07. The van der Waals surface area contributed by atoms with Crippen molar-refractivity contribution in [3.05, 3.63) is 89.5 Å². The molecular formula is C27H24F4N2O2S. The first-order valence-electron chi connectivity index (χ1n) is 11.6. The number of hydrogen-bond acceptors (Lipinski definition) is 3. The van der Waals surface area contributed by atoms with Crippen LogP contribution in [0.2, 0.25) is 0 Å². The van der Waals surface area contributed by atoms with E-state index in [1.807, 2.05) is 5.32 Å². The molecule has 36 heavy (non-hydrogen) atoms. The van der Waals surface area contributed by atoms with Gasteiger partial charge >= 0.3 is 0 Å².